The summed E-state index contributed by atoms with van der Waals surface area (Å²) in [5.41, 5.74) is -0.519. The maximum Gasteiger partial charge on any atom is 0.325 e. The minimum Gasteiger partial charge on any atom is -0.323 e. The molecule has 0 unspecified atom stereocenters. The third-order valence-electron chi connectivity index (χ3n) is 5.62. The van der Waals surface area contributed by atoms with Crippen LogP contribution < -0.4 is 5.32 Å². The molecule has 1 heterocycles. The van der Waals surface area contributed by atoms with Crippen molar-refractivity contribution in [3.8, 4) is 0 Å². The molecule has 3 amide bonds. The number of rotatable bonds is 3. The summed E-state index contributed by atoms with van der Waals surface area (Å²) in [4.78, 5) is 26.5. The van der Waals surface area contributed by atoms with Crippen LogP contribution in [-0.4, -0.2) is 34.7 Å². The predicted molar refractivity (Wildman–Crippen MR) is 80.7 cm³/mol. The fraction of sp³-hybridized carbons (Fsp3) is 0.867. The van der Waals surface area contributed by atoms with Crippen LogP contribution in [0.15, 0.2) is 0 Å². The molecule has 1 spiro atoms. The summed E-state index contributed by atoms with van der Waals surface area (Å²) in [5.74, 6) is 1.44. The van der Waals surface area contributed by atoms with Gasteiger partial charge >= 0.3 is 6.03 Å². The highest BCUT2D eigenvalue weighted by Crippen LogP contribution is 2.44. The van der Waals surface area contributed by atoms with Crippen molar-refractivity contribution in [1.29, 1.82) is 0 Å². The van der Waals surface area contributed by atoms with Crippen LogP contribution in [0.3, 0.4) is 0 Å². The monoisotopic (exact) mass is 296 g/mol. The number of carbonyl (C=O) groups is 2. The van der Waals surface area contributed by atoms with Crippen LogP contribution in [0.2, 0.25) is 0 Å². The Morgan fingerprint density at radius 1 is 1.25 bits per heavy atom. The third-order valence-corrected chi connectivity index (χ3v) is 6.29. The number of imide groups is 1. The Morgan fingerprint density at radius 3 is 2.40 bits per heavy atom. The number of thiol groups is 1. The standard InChI is InChI=1S/C15H24N2O2S/c1-11-3-7-15(8-4-11)12(18)17(13(19)16-15)9-14(10-20)5-2-6-14/h11,20H,2-10H2,1H3,(H,16,19). The molecule has 20 heavy (non-hydrogen) atoms. The lowest BCUT2D eigenvalue weighted by Gasteiger charge is -2.42. The van der Waals surface area contributed by atoms with Crippen molar-refractivity contribution in [2.45, 2.75) is 57.4 Å². The van der Waals surface area contributed by atoms with Crippen LogP contribution in [0.5, 0.6) is 0 Å². The zero-order valence-electron chi connectivity index (χ0n) is 12.2. The van der Waals surface area contributed by atoms with Gasteiger partial charge in [-0.15, -0.1) is 0 Å². The summed E-state index contributed by atoms with van der Waals surface area (Å²) in [6, 6.07) is -0.183. The molecule has 0 aromatic heterocycles. The zero-order valence-corrected chi connectivity index (χ0v) is 13.0. The molecule has 112 valence electrons. The Morgan fingerprint density at radius 2 is 1.90 bits per heavy atom. The van der Waals surface area contributed by atoms with Crippen LogP contribution in [0.1, 0.15) is 51.9 Å². The predicted octanol–water partition coefficient (Wildman–Crippen LogP) is 2.59. The lowest BCUT2D eigenvalue weighted by molar-refractivity contribution is -0.134. The summed E-state index contributed by atoms with van der Waals surface area (Å²) < 4.78 is 0. The normalized spacial score (nSPS) is 36.1. The minimum atomic E-state index is -0.592. The fourth-order valence-electron chi connectivity index (χ4n) is 3.79. The fourth-order valence-corrected chi connectivity index (χ4v) is 4.21. The van der Waals surface area contributed by atoms with Crippen LogP contribution in [-0.2, 0) is 4.79 Å². The van der Waals surface area contributed by atoms with E-state index >= 15 is 0 Å². The van der Waals surface area contributed by atoms with Gasteiger partial charge in [-0.3, -0.25) is 9.69 Å². The Hall–Kier alpha value is -0.710. The van der Waals surface area contributed by atoms with E-state index in [1.54, 1.807) is 0 Å². The average Bonchev–Trinajstić information content (AvgIpc) is 2.61. The summed E-state index contributed by atoms with van der Waals surface area (Å²) in [5, 5.41) is 3.00. The molecule has 4 nitrogen and oxygen atoms in total. The molecular formula is C15H24N2O2S. The highest BCUT2D eigenvalue weighted by atomic mass is 32.1. The number of urea groups is 1. The Balaban J connectivity index is 1.74. The number of carbonyl (C=O) groups excluding carboxylic acids is 2. The summed E-state index contributed by atoms with van der Waals surface area (Å²) in [6.45, 7) is 2.77. The number of nitrogens with zero attached hydrogens (tertiary/aromatic N) is 1. The number of nitrogens with one attached hydrogen (secondary N) is 1. The lowest BCUT2D eigenvalue weighted by atomic mass is 9.69. The van der Waals surface area contributed by atoms with Crippen molar-refractivity contribution < 1.29 is 9.59 Å². The van der Waals surface area contributed by atoms with Gasteiger partial charge in [0.2, 0.25) is 0 Å². The molecule has 2 saturated carbocycles. The van der Waals surface area contributed by atoms with Crippen molar-refractivity contribution in [1.82, 2.24) is 10.2 Å². The van der Waals surface area contributed by atoms with Crippen LogP contribution in [0.25, 0.3) is 0 Å². The maximum atomic E-state index is 12.8. The van der Waals surface area contributed by atoms with Gasteiger partial charge in [0.05, 0.1) is 0 Å². The molecule has 3 rings (SSSR count). The first-order valence-corrected chi connectivity index (χ1v) is 8.39. The van der Waals surface area contributed by atoms with E-state index in [4.69, 9.17) is 0 Å². The SMILES string of the molecule is CC1CCC2(CC1)NC(=O)N(CC1(CS)CCC1)C2=O. The van der Waals surface area contributed by atoms with Gasteiger partial charge in [-0.05, 0) is 55.6 Å². The molecule has 3 fully saturated rings. The Bertz CT molecular complexity index is 420. The van der Waals surface area contributed by atoms with Crippen molar-refractivity contribution >= 4 is 24.6 Å². The quantitative estimate of drug-likeness (QED) is 0.621. The van der Waals surface area contributed by atoms with Crippen molar-refractivity contribution in [2.24, 2.45) is 11.3 Å². The molecule has 1 aliphatic heterocycles. The van der Waals surface area contributed by atoms with Gasteiger partial charge in [0, 0.05) is 6.54 Å². The van der Waals surface area contributed by atoms with Gasteiger partial charge in [0.15, 0.2) is 0 Å². The smallest absolute Gasteiger partial charge is 0.323 e. The van der Waals surface area contributed by atoms with E-state index in [-0.39, 0.29) is 17.4 Å². The molecule has 3 aliphatic rings. The van der Waals surface area contributed by atoms with E-state index in [1.165, 1.54) is 11.3 Å². The molecule has 0 aromatic rings. The van der Waals surface area contributed by atoms with Crippen LogP contribution in [0, 0.1) is 11.3 Å². The molecule has 1 N–H and O–H groups in total. The first kappa shape index (κ1) is 14.2. The lowest BCUT2D eigenvalue weighted by Crippen LogP contribution is -2.50. The minimum absolute atomic E-state index is 0.0162. The van der Waals surface area contributed by atoms with Crippen LogP contribution in [0.4, 0.5) is 4.79 Å². The van der Waals surface area contributed by atoms with E-state index in [0.29, 0.717) is 12.5 Å². The number of hydrogen-bond acceptors (Lipinski definition) is 3. The highest BCUT2D eigenvalue weighted by molar-refractivity contribution is 7.80. The first-order chi connectivity index (χ1) is 9.50. The summed E-state index contributed by atoms with van der Waals surface area (Å²) >= 11 is 4.43. The zero-order chi connectivity index (χ0) is 14.4. The van der Waals surface area contributed by atoms with Gasteiger partial charge < -0.3 is 5.32 Å². The third kappa shape index (κ3) is 2.14. The molecule has 0 aromatic carbocycles. The second kappa shape index (κ2) is 4.93. The van der Waals surface area contributed by atoms with Crippen LogP contribution >= 0.6 is 12.6 Å². The van der Waals surface area contributed by atoms with Crippen molar-refractivity contribution in [2.75, 3.05) is 12.3 Å². The van der Waals surface area contributed by atoms with Crippen molar-refractivity contribution in [3.63, 3.8) is 0 Å². The Labute approximate surface area is 126 Å². The molecule has 0 radical (unpaired) electrons. The van der Waals surface area contributed by atoms with E-state index in [2.05, 4.69) is 24.9 Å². The largest absolute Gasteiger partial charge is 0.325 e. The molecular weight excluding hydrogens is 272 g/mol. The second-order valence-electron chi connectivity index (χ2n) is 7.10. The van der Waals surface area contributed by atoms with E-state index in [0.717, 1.165) is 44.3 Å². The molecule has 5 heteroatoms. The van der Waals surface area contributed by atoms with Gasteiger partial charge in [-0.1, -0.05) is 13.3 Å². The first-order valence-electron chi connectivity index (χ1n) is 7.75. The second-order valence-corrected chi connectivity index (χ2v) is 7.41. The van der Waals surface area contributed by atoms with Gasteiger partial charge in [-0.25, -0.2) is 4.79 Å². The van der Waals surface area contributed by atoms with Crippen molar-refractivity contribution in [3.05, 3.63) is 0 Å². The number of amides is 3. The molecule has 1 saturated heterocycles. The van der Waals surface area contributed by atoms with E-state index in [1.807, 2.05) is 0 Å². The Kier molecular flexibility index (Phi) is 3.51. The topological polar surface area (TPSA) is 49.4 Å². The summed E-state index contributed by atoms with van der Waals surface area (Å²) in [7, 11) is 0. The number of hydrogen-bond donors (Lipinski definition) is 2. The molecule has 0 atom stereocenters. The average molecular weight is 296 g/mol. The molecule has 2 aliphatic carbocycles. The van der Waals surface area contributed by atoms with Gasteiger partial charge in [-0.2, -0.15) is 12.6 Å². The van der Waals surface area contributed by atoms with E-state index < -0.39 is 5.54 Å². The molecule has 0 bridgehead atoms. The summed E-state index contributed by atoms with van der Waals surface area (Å²) in [6.07, 6.45) is 6.99. The highest BCUT2D eigenvalue weighted by Gasteiger charge is 2.54. The van der Waals surface area contributed by atoms with Gasteiger partial charge in [0.1, 0.15) is 5.54 Å². The van der Waals surface area contributed by atoms with E-state index in [9.17, 15) is 9.59 Å². The van der Waals surface area contributed by atoms with Gasteiger partial charge in [0.25, 0.3) is 5.91 Å². The maximum absolute atomic E-state index is 12.8.